The fraction of sp³-hybridized carbons (Fsp3) is 0.208. The predicted octanol–water partition coefficient (Wildman–Crippen LogP) is 4.77. The monoisotopic (exact) mass is 387 g/mol. The van der Waals surface area contributed by atoms with Gasteiger partial charge in [-0.3, -0.25) is 14.6 Å². The molecule has 0 saturated carbocycles. The van der Waals surface area contributed by atoms with E-state index in [1.54, 1.807) is 42.6 Å². The fourth-order valence-corrected chi connectivity index (χ4v) is 3.02. The van der Waals surface area contributed by atoms with Gasteiger partial charge < -0.3 is 10.2 Å². The van der Waals surface area contributed by atoms with Gasteiger partial charge in [0.1, 0.15) is 0 Å². The van der Waals surface area contributed by atoms with E-state index >= 15 is 0 Å². The Hall–Kier alpha value is -3.47. The van der Waals surface area contributed by atoms with Crippen LogP contribution in [0.5, 0.6) is 0 Å². The molecule has 0 bridgehead atoms. The van der Waals surface area contributed by atoms with E-state index in [9.17, 15) is 9.59 Å². The van der Waals surface area contributed by atoms with Crippen LogP contribution in [0.15, 0.2) is 79.1 Å². The van der Waals surface area contributed by atoms with Crippen molar-refractivity contribution >= 4 is 17.5 Å². The first-order valence-corrected chi connectivity index (χ1v) is 9.75. The molecule has 0 saturated heterocycles. The maximum absolute atomic E-state index is 13.3. The van der Waals surface area contributed by atoms with Crippen LogP contribution in [0.4, 0.5) is 5.69 Å². The van der Waals surface area contributed by atoms with E-state index in [1.807, 2.05) is 35.2 Å². The van der Waals surface area contributed by atoms with Gasteiger partial charge >= 0.3 is 0 Å². The number of hydrogen-bond donors (Lipinski definition) is 1. The van der Waals surface area contributed by atoms with Crippen LogP contribution in [-0.2, 0) is 6.54 Å². The Labute approximate surface area is 171 Å². The lowest BCUT2D eigenvalue weighted by Crippen LogP contribution is -2.37. The molecule has 1 heterocycles. The lowest BCUT2D eigenvalue weighted by Gasteiger charge is -2.29. The largest absolute Gasteiger partial charge is 0.332 e. The second-order valence-corrected chi connectivity index (χ2v) is 6.95. The van der Waals surface area contributed by atoms with Gasteiger partial charge in [-0.2, -0.15) is 0 Å². The number of aromatic nitrogens is 1. The first-order chi connectivity index (χ1) is 14.1. The summed E-state index contributed by atoms with van der Waals surface area (Å²) in [6.07, 6.45) is 3.98. The standard InChI is InChI=1S/C24H25N3O2/c1-3-18(2)27(17-19-9-5-4-6-10-19)24(29)20-11-7-13-22(15-20)26-23(28)21-12-8-14-25-16-21/h4-16,18H,3,17H2,1-2H3,(H,26,28). The number of rotatable bonds is 7. The molecule has 148 valence electrons. The van der Waals surface area contributed by atoms with E-state index in [4.69, 9.17) is 0 Å². The van der Waals surface area contributed by atoms with Crippen molar-refractivity contribution in [2.75, 3.05) is 5.32 Å². The highest BCUT2D eigenvalue weighted by Gasteiger charge is 2.21. The number of benzene rings is 2. The van der Waals surface area contributed by atoms with E-state index in [1.165, 1.54) is 6.20 Å². The van der Waals surface area contributed by atoms with Gasteiger partial charge in [-0.05, 0) is 49.2 Å². The van der Waals surface area contributed by atoms with Crippen molar-refractivity contribution in [2.24, 2.45) is 0 Å². The van der Waals surface area contributed by atoms with Crippen LogP contribution in [0.2, 0.25) is 0 Å². The van der Waals surface area contributed by atoms with E-state index in [0.717, 1.165) is 12.0 Å². The molecule has 1 atom stereocenters. The first-order valence-electron chi connectivity index (χ1n) is 9.75. The highest BCUT2D eigenvalue weighted by molar-refractivity contribution is 6.05. The Balaban J connectivity index is 1.79. The van der Waals surface area contributed by atoms with Crippen molar-refractivity contribution in [3.63, 3.8) is 0 Å². The number of nitrogens with zero attached hydrogens (tertiary/aromatic N) is 2. The van der Waals surface area contributed by atoms with Crippen LogP contribution in [0.25, 0.3) is 0 Å². The summed E-state index contributed by atoms with van der Waals surface area (Å²) in [7, 11) is 0. The van der Waals surface area contributed by atoms with Crippen molar-refractivity contribution in [2.45, 2.75) is 32.9 Å². The minimum atomic E-state index is -0.259. The minimum absolute atomic E-state index is 0.0549. The van der Waals surface area contributed by atoms with Crippen molar-refractivity contribution in [1.82, 2.24) is 9.88 Å². The van der Waals surface area contributed by atoms with E-state index < -0.39 is 0 Å². The third-order valence-corrected chi connectivity index (χ3v) is 4.87. The van der Waals surface area contributed by atoms with Crippen LogP contribution < -0.4 is 5.32 Å². The molecule has 1 unspecified atom stereocenters. The lowest BCUT2D eigenvalue weighted by atomic mass is 10.1. The van der Waals surface area contributed by atoms with Gasteiger partial charge in [0, 0.05) is 36.2 Å². The van der Waals surface area contributed by atoms with Crippen LogP contribution in [-0.4, -0.2) is 27.7 Å². The molecule has 5 heteroatoms. The molecule has 5 nitrogen and oxygen atoms in total. The zero-order valence-corrected chi connectivity index (χ0v) is 16.7. The Morgan fingerprint density at radius 3 is 2.45 bits per heavy atom. The second-order valence-electron chi connectivity index (χ2n) is 6.95. The second kappa shape index (κ2) is 9.64. The maximum Gasteiger partial charge on any atom is 0.257 e. The zero-order valence-electron chi connectivity index (χ0n) is 16.7. The number of amides is 2. The summed E-state index contributed by atoms with van der Waals surface area (Å²) in [5.74, 6) is -0.313. The molecule has 0 fully saturated rings. The highest BCUT2D eigenvalue weighted by atomic mass is 16.2. The van der Waals surface area contributed by atoms with Crippen LogP contribution in [0, 0.1) is 0 Å². The Morgan fingerprint density at radius 2 is 1.76 bits per heavy atom. The van der Waals surface area contributed by atoms with Crippen LogP contribution in [0.3, 0.4) is 0 Å². The molecule has 3 rings (SSSR count). The van der Waals surface area contributed by atoms with Crippen LogP contribution in [0.1, 0.15) is 46.5 Å². The number of hydrogen-bond acceptors (Lipinski definition) is 3. The van der Waals surface area contributed by atoms with Crippen molar-refractivity contribution in [1.29, 1.82) is 0 Å². The highest BCUT2D eigenvalue weighted by Crippen LogP contribution is 2.18. The van der Waals surface area contributed by atoms with Gasteiger partial charge in [0.2, 0.25) is 0 Å². The lowest BCUT2D eigenvalue weighted by molar-refractivity contribution is 0.0671. The van der Waals surface area contributed by atoms with E-state index in [2.05, 4.69) is 24.1 Å². The number of nitrogens with one attached hydrogen (secondary N) is 1. The Morgan fingerprint density at radius 1 is 1.00 bits per heavy atom. The van der Waals surface area contributed by atoms with Crippen molar-refractivity contribution < 1.29 is 9.59 Å². The first kappa shape index (κ1) is 20.3. The summed E-state index contributed by atoms with van der Waals surface area (Å²) in [5, 5.41) is 2.84. The number of anilines is 1. The minimum Gasteiger partial charge on any atom is -0.332 e. The maximum atomic E-state index is 13.3. The summed E-state index contributed by atoms with van der Waals surface area (Å²) >= 11 is 0. The molecule has 0 spiro atoms. The number of carbonyl (C=O) groups is 2. The Bertz CT molecular complexity index is 958. The zero-order chi connectivity index (χ0) is 20.6. The van der Waals surface area contributed by atoms with Gasteiger partial charge in [-0.15, -0.1) is 0 Å². The topological polar surface area (TPSA) is 62.3 Å². The normalized spacial score (nSPS) is 11.5. The smallest absolute Gasteiger partial charge is 0.257 e. The molecule has 2 aromatic carbocycles. The quantitative estimate of drug-likeness (QED) is 0.635. The number of pyridine rings is 1. The van der Waals surface area contributed by atoms with Crippen molar-refractivity contribution in [3.8, 4) is 0 Å². The summed E-state index contributed by atoms with van der Waals surface area (Å²) < 4.78 is 0. The molecule has 0 aliphatic carbocycles. The van der Waals surface area contributed by atoms with Gasteiger partial charge in [-0.25, -0.2) is 0 Å². The molecular formula is C24H25N3O2. The Kier molecular flexibility index (Phi) is 6.74. The fourth-order valence-electron chi connectivity index (χ4n) is 3.02. The van der Waals surface area contributed by atoms with E-state index in [-0.39, 0.29) is 17.9 Å². The number of carbonyl (C=O) groups excluding carboxylic acids is 2. The van der Waals surface area contributed by atoms with E-state index in [0.29, 0.717) is 23.4 Å². The molecule has 0 aliphatic rings. The third-order valence-electron chi connectivity index (χ3n) is 4.87. The summed E-state index contributed by atoms with van der Waals surface area (Å²) in [6.45, 7) is 4.66. The molecule has 3 aromatic rings. The molecule has 29 heavy (non-hydrogen) atoms. The summed E-state index contributed by atoms with van der Waals surface area (Å²) in [4.78, 5) is 31.5. The van der Waals surface area contributed by atoms with Gasteiger partial charge in [0.05, 0.1) is 5.56 Å². The van der Waals surface area contributed by atoms with Crippen LogP contribution >= 0.6 is 0 Å². The molecule has 0 radical (unpaired) electrons. The van der Waals surface area contributed by atoms with Gasteiger partial charge in [-0.1, -0.05) is 43.3 Å². The average molecular weight is 387 g/mol. The molecular weight excluding hydrogens is 362 g/mol. The predicted molar refractivity (Wildman–Crippen MR) is 115 cm³/mol. The third kappa shape index (κ3) is 5.29. The average Bonchev–Trinajstić information content (AvgIpc) is 2.78. The van der Waals surface area contributed by atoms with Crippen molar-refractivity contribution in [3.05, 3.63) is 95.8 Å². The van der Waals surface area contributed by atoms with Gasteiger partial charge in [0.15, 0.2) is 0 Å². The molecule has 1 aromatic heterocycles. The summed E-state index contributed by atoms with van der Waals surface area (Å²) in [6, 6.07) is 20.5. The molecule has 1 N–H and O–H groups in total. The van der Waals surface area contributed by atoms with Gasteiger partial charge in [0.25, 0.3) is 11.8 Å². The molecule has 2 amide bonds. The SMILES string of the molecule is CCC(C)N(Cc1ccccc1)C(=O)c1cccc(NC(=O)c2cccnc2)c1. The summed E-state index contributed by atoms with van der Waals surface area (Å²) in [5.41, 5.74) is 2.68. The molecule has 0 aliphatic heterocycles.